The summed E-state index contributed by atoms with van der Waals surface area (Å²) in [6.45, 7) is 11.8. The van der Waals surface area contributed by atoms with Crippen LogP contribution in [0.5, 0.6) is 0 Å². The van der Waals surface area contributed by atoms with E-state index in [1.165, 1.54) is 0 Å². The van der Waals surface area contributed by atoms with Crippen LogP contribution in [0, 0.1) is 34.0 Å². The number of Topliss-reactive ketones (excluding diaryl/α,β-unsaturated/α-hetero) is 1. The zero-order valence-corrected chi connectivity index (χ0v) is 17.9. The van der Waals surface area contributed by atoms with Crippen LogP contribution in [0.3, 0.4) is 0 Å². The van der Waals surface area contributed by atoms with Crippen molar-refractivity contribution in [3.05, 3.63) is 0 Å². The van der Waals surface area contributed by atoms with E-state index in [1.54, 1.807) is 0 Å². The van der Waals surface area contributed by atoms with Gasteiger partial charge in [-0.05, 0) is 49.9 Å². The van der Waals surface area contributed by atoms with Gasteiger partial charge in [0.15, 0.2) is 0 Å². The minimum atomic E-state index is -0.398. The Hall–Kier alpha value is -0.940. The molecule has 4 bridgehead atoms. The number of ether oxygens (including phenoxy) is 3. The molecule has 5 fully saturated rings. The smallest absolute Gasteiger partial charge is 0.332 e. The van der Waals surface area contributed by atoms with Gasteiger partial charge in [0.2, 0.25) is 0 Å². The van der Waals surface area contributed by atoms with E-state index >= 15 is 0 Å². The average molecular weight is 391 g/mol. The molecule has 1 unspecified atom stereocenters. The quantitative estimate of drug-likeness (QED) is 0.592. The number of rotatable bonds is 0. The first-order valence-electron chi connectivity index (χ1n) is 11.1. The summed E-state index contributed by atoms with van der Waals surface area (Å²) >= 11 is 0. The van der Waals surface area contributed by atoms with E-state index in [9.17, 15) is 9.59 Å². The molecule has 2 aliphatic heterocycles. The van der Waals surface area contributed by atoms with Gasteiger partial charge in [-0.1, -0.05) is 27.7 Å². The summed E-state index contributed by atoms with van der Waals surface area (Å²) in [6.07, 6.45) is 4.02. The van der Waals surface area contributed by atoms with E-state index in [-0.39, 0.29) is 52.9 Å². The van der Waals surface area contributed by atoms with Crippen molar-refractivity contribution in [3.63, 3.8) is 0 Å². The van der Waals surface area contributed by atoms with E-state index in [0.29, 0.717) is 31.1 Å². The minimum absolute atomic E-state index is 0.0290. The third kappa shape index (κ3) is 1.96. The Morgan fingerprint density at radius 2 is 1.79 bits per heavy atom. The Balaban J connectivity index is 1.77. The summed E-state index contributed by atoms with van der Waals surface area (Å²) in [5.41, 5.74) is -1.05. The molecule has 0 aromatic rings. The van der Waals surface area contributed by atoms with Gasteiger partial charge in [-0.25, -0.2) is 4.79 Å². The Labute approximate surface area is 167 Å². The van der Waals surface area contributed by atoms with E-state index in [2.05, 4.69) is 34.6 Å². The number of hydrogen-bond acceptors (Lipinski definition) is 5. The van der Waals surface area contributed by atoms with Crippen molar-refractivity contribution in [3.8, 4) is 0 Å². The predicted octanol–water partition coefficient (Wildman–Crippen LogP) is 3.53. The van der Waals surface area contributed by atoms with Crippen LogP contribution in [0.4, 0.5) is 0 Å². The standard InChI is InChI=1S/C23H34O5/c1-13-6-8-23-9-7-15(24)19(23)21(13,4)16-10-20(3)17(26-12-18(25)28-16)11-27-22(20,5)14(23)2/h13-14,16-17,19H,6-12H2,1-5H3/t13-,14+,16-,17-,19?,20+,21+,22+,23+/m1/s1. The topological polar surface area (TPSA) is 61.8 Å². The van der Waals surface area contributed by atoms with Gasteiger partial charge in [0, 0.05) is 23.2 Å². The number of ketones is 1. The Morgan fingerprint density at radius 3 is 2.54 bits per heavy atom. The van der Waals surface area contributed by atoms with Gasteiger partial charge in [-0.3, -0.25) is 4.79 Å². The van der Waals surface area contributed by atoms with Crippen molar-refractivity contribution in [1.82, 2.24) is 0 Å². The van der Waals surface area contributed by atoms with Crippen LogP contribution in [0.25, 0.3) is 0 Å². The predicted molar refractivity (Wildman–Crippen MR) is 103 cm³/mol. The Kier molecular flexibility index (Phi) is 3.81. The van der Waals surface area contributed by atoms with Gasteiger partial charge < -0.3 is 14.2 Å². The van der Waals surface area contributed by atoms with Crippen LogP contribution < -0.4 is 0 Å². The van der Waals surface area contributed by atoms with Crippen molar-refractivity contribution in [1.29, 1.82) is 0 Å². The third-order valence-corrected chi connectivity index (χ3v) is 10.5. The van der Waals surface area contributed by atoms with Gasteiger partial charge in [0.05, 0.1) is 18.3 Å². The van der Waals surface area contributed by atoms with Crippen molar-refractivity contribution in [2.75, 3.05) is 13.2 Å². The molecule has 28 heavy (non-hydrogen) atoms. The summed E-state index contributed by atoms with van der Waals surface area (Å²) in [5.74, 6) is 0.604. The minimum Gasteiger partial charge on any atom is -0.460 e. The third-order valence-electron chi connectivity index (χ3n) is 10.5. The molecular formula is C23H34O5. The SMILES string of the molecule is C[C@@H]1CC[C@@]23CCC(=O)C2[C@]1(C)[C@H]1C[C@@]2(C)[C@@H](CO[C@@]2(C)[C@@H]3C)OCC(=O)O1. The Bertz CT molecular complexity index is 735. The molecule has 0 spiro atoms. The zero-order valence-electron chi connectivity index (χ0n) is 17.9. The summed E-state index contributed by atoms with van der Waals surface area (Å²) in [7, 11) is 0. The molecule has 5 aliphatic rings. The maximum Gasteiger partial charge on any atom is 0.332 e. The van der Waals surface area contributed by atoms with Crippen LogP contribution in [-0.4, -0.2) is 42.8 Å². The van der Waals surface area contributed by atoms with Crippen molar-refractivity contribution >= 4 is 11.8 Å². The summed E-state index contributed by atoms with van der Waals surface area (Å²) in [4.78, 5) is 25.9. The molecule has 0 amide bonds. The molecule has 2 saturated heterocycles. The molecule has 5 nitrogen and oxygen atoms in total. The molecule has 0 aromatic carbocycles. The first kappa shape index (κ1) is 19.0. The molecular weight excluding hydrogens is 356 g/mol. The molecule has 5 rings (SSSR count). The van der Waals surface area contributed by atoms with Gasteiger partial charge in [-0.2, -0.15) is 0 Å². The van der Waals surface area contributed by atoms with Crippen molar-refractivity contribution in [2.45, 2.75) is 84.5 Å². The largest absolute Gasteiger partial charge is 0.460 e. The van der Waals surface area contributed by atoms with Crippen LogP contribution >= 0.6 is 0 Å². The second-order valence-corrected chi connectivity index (χ2v) is 11.0. The van der Waals surface area contributed by atoms with E-state index in [0.717, 1.165) is 19.3 Å². The molecule has 2 heterocycles. The first-order valence-corrected chi connectivity index (χ1v) is 11.1. The number of carbonyl (C=O) groups excluding carboxylic acids is 2. The fraction of sp³-hybridized carbons (Fsp3) is 0.913. The lowest BCUT2D eigenvalue weighted by atomic mass is 9.41. The molecule has 3 aliphatic carbocycles. The molecule has 9 atom stereocenters. The van der Waals surface area contributed by atoms with E-state index < -0.39 is 5.60 Å². The number of hydrogen-bond donors (Lipinski definition) is 0. The number of esters is 1. The summed E-state index contributed by atoms with van der Waals surface area (Å²) in [6, 6.07) is 0. The van der Waals surface area contributed by atoms with Crippen LogP contribution in [0.15, 0.2) is 0 Å². The normalized spacial score (nSPS) is 58.2. The van der Waals surface area contributed by atoms with Crippen molar-refractivity contribution < 1.29 is 23.8 Å². The molecule has 0 N–H and O–H groups in total. The number of carbonyl (C=O) groups is 2. The maximum atomic E-state index is 13.4. The zero-order chi connectivity index (χ0) is 20.1. The van der Waals surface area contributed by atoms with Gasteiger partial charge in [0.1, 0.15) is 18.5 Å². The lowest BCUT2D eigenvalue weighted by Gasteiger charge is -2.64. The van der Waals surface area contributed by atoms with Gasteiger partial charge in [-0.15, -0.1) is 0 Å². The fourth-order valence-electron chi connectivity index (χ4n) is 8.25. The Morgan fingerprint density at radius 1 is 1.04 bits per heavy atom. The lowest BCUT2D eigenvalue weighted by molar-refractivity contribution is -0.240. The lowest BCUT2D eigenvalue weighted by Crippen LogP contribution is -2.67. The highest BCUT2D eigenvalue weighted by atomic mass is 16.6. The highest BCUT2D eigenvalue weighted by Crippen LogP contribution is 2.71. The van der Waals surface area contributed by atoms with Crippen LogP contribution in [0.1, 0.15) is 66.7 Å². The van der Waals surface area contributed by atoms with Crippen LogP contribution in [0.2, 0.25) is 0 Å². The fourth-order valence-corrected chi connectivity index (χ4v) is 8.25. The average Bonchev–Trinajstić information content (AvgIpc) is 3.11. The molecule has 0 aromatic heterocycles. The summed E-state index contributed by atoms with van der Waals surface area (Å²) in [5, 5.41) is 0. The highest BCUT2D eigenvalue weighted by molar-refractivity contribution is 5.85. The highest BCUT2D eigenvalue weighted by Gasteiger charge is 2.74. The summed E-state index contributed by atoms with van der Waals surface area (Å²) < 4.78 is 18.7. The first-order chi connectivity index (χ1) is 13.1. The molecule has 0 radical (unpaired) electrons. The van der Waals surface area contributed by atoms with Crippen molar-refractivity contribution in [2.24, 2.45) is 34.0 Å². The second kappa shape index (κ2) is 5.60. The number of fused-ring (bicyclic) bond motifs is 2. The molecule has 3 saturated carbocycles. The van der Waals surface area contributed by atoms with E-state index in [4.69, 9.17) is 14.2 Å². The van der Waals surface area contributed by atoms with Gasteiger partial charge in [0.25, 0.3) is 0 Å². The maximum absolute atomic E-state index is 13.4. The van der Waals surface area contributed by atoms with E-state index in [1.807, 2.05) is 0 Å². The molecule has 156 valence electrons. The molecule has 5 heteroatoms. The van der Waals surface area contributed by atoms with Gasteiger partial charge >= 0.3 is 5.97 Å². The second-order valence-electron chi connectivity index (χ2n) is 11.0. The van der Waals surface area contributed by atoms with Crippen LogP contribution in [-0.2, 0) is 23.8 Å². The monoisotopic (exact) mass is 390 g/mol.